The van der Waals surface area contributed by atoms with E-state index in [2.05, 4.69) is 65.4 Å². The molecule has 2 N–H and O–H groups in total. The molecular weight excluding hydrogens is 418 g/mol. The van der Waals surface area contributed by atoms with Gasteiger partial charge in [-0.2, -0.15) is 0 Å². The number of aryl methyl sites for hydroxylation is 1. The second-order valence-electron chi connectivity index (χ2n) is 6.92. The lowest BCUT2D eigenvalue weighted by molar-refractivity contribution is 0.801. The van der Waals surface area contributed by atoms with E-state index >= 15 is 0 Å². The van der Waals surface area contributed by atoms with Crippen LogP contribution in [0, 0.1) is 0 Å². The predicted octanol–water partition coefficient (Wildman–Crippen LogP) is 3.85. The number of hydrogen-bond acceptors (Lipinski definition) is 5. The molecule has 1 atom stereocenters. The van der Waals surface area contributed by atoms with E-state index in [4.69, 9.17) is 0 Å². The van der Waals surface area contributed by atoms with Gasteiger partial charge in [0.15, 0.2) is 0 Å². The first-order valence-electron chi connectivity index (χ1n) is 9.44. The van der Waals surface area contributed by atoms with E-state index in [-0.39, 0.29) is 5.56 Å². The highest BCUT2D eigenvalue weighted by molar-refractivity contribution is 9.10. The number of nitrogens with zero attached hydrogens (tertiary/aromatic N) is 3. The number of halogens is 1. The Morgan fingerprint density at radius 2 is 2.07 bits per heavy atom. The van der Waals surface area contributed by atoms with Crippen LogP contribution in [0.15, 0.2) is 57.9 Å². The molecule has 0 bridgehead atoms. The monoisotopic (exact) mass is 439 g/mol. The summed E-state index contributed by atoms with van der Waals surface area (Å²) >= 11 is 3.48. The van der Waals surface area contributed by atoms with Gasteiger partial charge in [0.1, 0.15) is 11.6 Å². The van der Waals surface area contributed by atoms with Crippen LogP contribution in [0.3, 0.4) is 0 Å². The number of benzene rings is 1. The third-order valence-electron chi connectivity index (χ3n) is 4.93. The van der Waals surface area contributed by atoms with Gasteiger partial charge in [-0.15, -0.1) is 0 Å². The van der Waals surface area contributed by atoms with Crippen LogP contribution in [-0.4, -0.2) is 34.1 Å². The molecule has 0 amide bonds. The Labute approximate surface area is 172 Å². The number of rotatable bonds is 5. The molecule has 0 aliphatic carbocycles. The van der Waals surface area contributed by atoms with Gasteiger partial charge in [-0.25, -0.2) is 9.97 Å². The number of aromatic amines is 1. The molecule has 0 radical (unpaired) electrons. The van der Waals surface area contributed by atoms with Crippen molar-refractivity contribution in [3.63, 3.8) is 0 Å². The summed E-state index contributed by atoms with van der Waals surface area (Å²) in [4.78, 5) is 25.9. The van der Waals surface area contributed by atoms with Crippen molar-refractivity contribution in [2.45, 2.75) is 25.8 Å². The summed E-state index contributed by atoms with van der Waals surface area (Å²) in [5.41, 5.74) is 2.69. The first-order valence-corrected chi connectivity index (χ1v) is 10.2. The molecule has 1 aliphatic heterocycles. The van der Waals surface area contributed by atoms with Crippen molar-refractivity contribution in [3.05, 3.63) is 69.2 Å². The van der Waals surface area contributed by atoms with Crippen LogP contribution in [0.2, 0.25) is 0 Å². The average molecular weight is 440 g/mol. The largest absolute Gasteiger partial charge is 0.369 e. The van der Waals surface area contributed by atoms with Gasteiger partial charge in [-0.1, -0.05) is 22.9 Å². The highest BCUT2D eigenvalue weighted by Crippen LogP contribution is 2.24. The molecule has 2 aromatic heterocycles. The molecule has 1 aromatic carbocycles. The zero-order valence-electron chi connectivity index (χ0n) is 15.7. The minimum absolute atomic E-state index is 0.136. The van der Waals surface area contributed by atoms with Crippen LogP contribution in [-0.2, 0) is 6.42 Å². The first-order chi connectivity index (χ1) is 13.6. The zero-order valence-corrected chi connectivity index (χ0v) is 17.2. The summed E-state index contributed by atoms with van der Waals surface area (Å²) in [6, 6.07) is 14.2. The van der Waals surface area contributed by atoms with Gasteiger partial charge in [-0.05, 0) is 49.2 Å². The molecule has 3 aromatic rings. The fraction of sp³-hybridized carbons (Fsp3) is 0.286. The van der Waals surface area contributed by atoms with E-state index in [9.17, 15) is 4.79 Å². The SMILES string of the molecule is CCc1cc(=O)[nH]c(-c2ccc(NC3CCN(c4ccc(Br)cc4)C3)nc2)n1. The van der Waals surface area contributed by atoms with Gasteiger partial charge in [0, 0.05) is 52.8 Å². The van der Waals surface area contributed by atoms with Crippen LogP contribution >= 0.6 is 15.9 Å². The molecule has 3 heterocycles. The van der Waals surface area contributed by atoms with E-state index < -0.39 is 0 Å². The topological polar surface area (TPSA) is 73.9 Å². The quantitative estimate of drug-likeness (QED) is 0.631. The molecule has 144 valence electrons. The van der Waals surface area contributed by atoms with Gasteiger partial charge in [0.25, 0.3) is 5.56 Å². The number of H-pyrrole nitrogens is 1. The molecule has 7 heteroatoms. The minimum atomic E-state index is -0.136. The predicted molar refractivity (Wildman–Crippen MR) is 116 cm³/mol. The summed E-state index contributed by atoms with van der Waals surface area (Å²) in [5, 5.41) is 3.51. The van der Waals surface area contributed by atoms with Crippen molar-refractivity contribution in [1.29, 1.82) is 0 Å². The maximum atomic E-state index is 11.8. The van der Waals surface area contributed by atoms with Gasteiger partial charge >= 0.3 is 0 Å². The van der Waals surface area contributed by atoms with Crippen molar-refractivity contribution in [2.75, 3.05) is 23.3 Å². The Hall–Kier alpha value is -2.67. The normalized spacial score (nSPS) is 16.4. The summed E-state index contributed by atoms with van der Waals surface area (Å²) in [7, 11) is 0. The molecular formula is C21H22BrN5O. The highest BCUT2D eigenvalue weighted by Gasteiger charge is 2.22. The number of pyridine rings is 1. The van der Waals surface area contributed by atoms with Crippen molar-refractivity contribution < 1.29 is 0 Å². The van der Waals surface area contributed by atoms with Gasteiger partial charge < -0.3 is 15.2 Å². The van der Waals surface area contributed by atoms with Crippen molar-refractivity contribution in [3.8, 4) is 11.4 Å². The van der Waals surface area contributed by atoms with Crippen molar-refractivity contribution in [1.82, 2.24) is 15.0 Å². The lowest BCUT2D eigenvalue weighted by Crippen LogP contribution is -2.26. The van der Waals surface area contributed by atoms with Gasteiger partial charge in [0.05, 0.1) is 0 Å². The summed E-state index contributed by atoms with van der Waals surface area (Å²) in [6.07, 6.45) is 3.54. The third kappa shape index (κ3) is 4.25. The van der Waals surface area contributed by atoms with E-state index in [0.29, 0.717) is 11.9 Å². The molecule has 1 aliphatic rings. The molecule has 1 unspecified atom stereocenters. The standard InChI is InChI=1S/C21H22BrN5O/c1-2-16-11-20(28)26-21(25-16)14-3-8-19(23-12-14)24-17-9-10-27(13-17)18-6-4-15(22)5-7-18/h3-8,11-12,17H,2,9-10,13H2,1H3,(H,23,24)(H,25,26,28). The molecule has 28 heavy (non-hydrogen) atoms. The fourth-order valence-electron chi connectivity index (χ4n) is 3.42. The van der Waals surface area contributed by atoms with Gasteiger partial charge in [0.2, 0.25) is 0 Å². The second-order valence-corrected chi connectivity index (χ2v) is 7.84. The number of hydrogen-bond donors (Lipinski definition) is 2. The van der Waals surface area contributed by atoms with E-state index in [1.807, 2.05) is 19.1 Å². The smallest absolute Gasteiger partial charge is 0.251 e. The fourth-order valence-corrected chi connectivity index (χ4v) is 3.68. The van der Waals surface area contributed by atoms with E-state index in [1.165, 1.54) is 11.8 Å². The number of anilines is 2. The molecule has 6 nitrogen and oxygen atoms in total. The van der Waals surface area contributed by atoms with Crippen LogP contribution in [0.5, 0.6) is 0 Å². The number of nitrogens with one attached hydrogen (secondary N) is 2. The maximum absolute atomic E-state index is 11.8. The molecule has 1 saturated heterocycles. The highest BCUT2D eigenvalue weighted by atomic mass is 79.9. The third-order valence-corrected chi connectivity index (χ3v) is 5.45. The van der Waals surface area contributed by atoms with Crippen LogP contribution in [0.4, 0.5) is 11.5 Å². The molecule has 4 rings (SSSR count). The summed E-state index contributed by atoms with van der Waals surface area (Å²) < 4.78 is 1.09. The Morgan fingerprint density at radius 3 is 2.79 bits per heavy atom. The van der Waals surface area contributed by atoms with Crippen LogP contribution in [0.25, 0.3) is 11.4 Å². The van der Waals surface area contributed by atoms with E-state index in [0.717, 1.165) is 47.5 Å². The average Bonchev–Trinajstić information content (AvgIpc) is 3.17. The maximum Gasteiger partial charge on any atom is 0.251 e. The van der Waals surface area contributed by atoms with Crippen LogP contribution in [0.1, 0.15) is 19.0 Å². The lowest BCUT2D eigenvalue weighted by Gasteiger charge is -2.19. The zero-order chi connectivity index (χ0) is 19.5. The molecule has 0 spiro atoms. The molecule has 0 saturated carbocycles. The van der Waals surface area contributed by atoms with Crippen LogP contribution < -0.4 is 15.8 Å². The Bertz CT molecular complexity index is 1000. The first kappa shape index (κ1) is 18.7. The molecule has 1 fully saturated rings. The Balaban J connectivity index is 1.42. The Morgan fingerprint density at radius 1 is 1.25 bits per heavy atom. The van der Waals surface area contributed by atoms with Crippen molar-refractivity contribution >= 4 is 27.4 Å². The second kappa shape index (κ2) is 8.14. The summed E-state index contributed by atoms with van der Waals surface area (Å²) in [5.74, 6) is 1.39. The number of aromatic nitrogens is 3. The summed E-state index contributed by atoms with van der Waals surface area (Å²) in [6.45, 7) is 3.95. The minimum Gasteiger partial charge on any atom is -0.369 e. The lowest BCUT2D eigenvalue weighted by atomic mass is 10.2. The van der Waals surface area contributed by atoms with E-state index in [1.54, 1.807) is 6.20 Å². The Kier molecular flexibility index (Phi) is 5.43. The van der Waals surface area contributed by atoms with Crippen molar-refractivity contribution in [2.24, 2.45) is 0 Å². The van der Waals surface area contributed by atoms with Gasteiger partial charge in [-0.3, -0.25) is 4.79 Å².